The molecule has 2 aromatic heterocycles. The first kappa shape index (κ1) is 13.6. The molecule has 0 radical (unpaired) electrons. The Labute approximate surface area is 117 Å². The Balaban J connectivity index is 2.10. The highest BCUT2D eigenvalue weighted by atomic mass is 32.2. The highest BCUT2D eigenvalue weighted by Gasteiger charge is 2.11. The van der Waals surface area contributed by atoms with Gasteiger partial charge in [0.1, 0.15) is 5.03 Å². The fourth-order valence-electron chi connectivity index (χ4n) is 1.43. The molecule has 2 heterocycles. The van der Waals surface area contributed by atoms with Gasteiger partial charge in [-0.2, -0.15) is 0 Å². The van der Waals surface area contributed by atoms with Crippen molar-refractivity contribution >= 4 is 23.1 Å². The van der Waals surface area contributed by atoms with Gasteiger partial charge in [0.15, 0.2) is 0 Å². The van der Waals surface area contributed by atoms with Crippen LogP contribution in [0.3, 0.4) is 0 Å². The van der Waals surface area contributed by atoms with Crippen molar-refractivity contribution in [1.29, 1.82) is 0 Å². The van der Waals surface area contributed by atoms with E-state index in [4.69, 9.17) is 0 Å². The second kappa shape index (κ2) is 5.87. The summed E-state index contributed by atoms with van der Waals surface area (Å²) >= 11 is 3.49. The maximum absolute atomic E-state index is 4.48. The number of hydrogen-bond acceptors (Lipinski definition) is 4. The van der Waals surface area contributed by atoms with E-state index in [0.29, 0.717) is 0 Å². The molecule has 96 valence electrons. The molecular formula is C14H18N2S2. The normalized spacial score (nSPS) is 11.7. The Bertz CT molecular complexity index is 487. The van der Waals surface area contributed by atoms with Gasteiger partial charge >= 0.3 is 0 Å². The molecule has 18 heavy (non-hydrogen) atoms. The summed E-state index contributed by atoms with van der Waals surface area (Å²) in [5, 5.41) is 6.70. The quantitative estimate of drug-likeness (QED) is 0.908. The van der Waals surface area contributed by atoms with Crippen LogP contribution in [0.1, 0.15) is 26.3 Å². The summed E-state index contributed by atoms with van der Waals surface area (Å²) < 4.78 is 1.28. The van der Waals surface area contributed by atoms with Crippen molar-refractivity contribution < 1.29 is 0 Å². The van der Waals surface area contributed by atoms with Crippen LogP contribution in [0.4, 0.5) is 0 Å². The zero-order chi connectivity index (χ0) is 13.0. The highest BCUT2D eigenvalue weighted by molar-refractivity contribution is 8.01. The van der Waals surface area contributed by atoms with E-state index in [1.54, 1.807) is 23.1 Å². The molecular weight excluding hydrogens is 260 g/mol. The molecule has 0 aromatic carbocycles. The van der Waals surface area contributed by atoms with Crippen LogP contribution >= 0.6 is 23.1 Å². The van der Waals surface area contributed by atoms with E-state index >= 15 is 0 Å². The standard InChI is InChI=1S/C14H18N2S2/c1-14(2,3)16-10-11-6-4-8-15-13(11)18-12-7-5-9-17-12/h4-9,16H,10H2,1-3H3. The van der Waals surface area contributed by atoms with Gasteiger partial charge in [-0.1, -0.05) is 23.9 Å². The van der Waals surface area contributed by atoms with Gasteiger partial charge in [-0.25, -0.2) is 4.98 Å². The van der Waals surface area contributed by atoms with E-state index in [0.717, 1.165) is 11.6 Å². The number of hydrogen-bond donors (Lipinski definition) is 1. The largest absolute Gasteiger partial charge is 0.308 e. The lowest BCUT2D eigenvalue weighted by Gasteiger charge is -2.21. The summed E-state index contributed by atoms with van der Waals surface area (Å²) in [6.07, 6.45) is 1.86. The van der Waals surface area contributed by atoms with E-state index in [1.165, 1.54) is 9.77 Å². The summed E-state index contributed by atoms with van der Waals surface area (Å²) in [5.41, 5.74) is 1.38. The van der Waals surface area contributed by atoms with Crippen LogP contribution < -0.4 is 5.32 Å². The predicted molar refractivity (Wildman–Crippen MR) is 79.3 cm³/mol. The molecule has 0 spiro atoms. The van der Waals surface area contributed by atoms with Gasteiger partial charge in [0.05, 0.1) is 4.21 Å². The van der Waals surface area contributed by atoms with Gasteiger partial charge in [0.2, 0.25) is 0 Å². The lowest BCUT2D eigenvalue weighted by atomic mass is 10.1. The summed E-state index contributed by atoms with van der Waals surface area (Å²) in [4.78, 5) is 4.48. The van der Waals surface area contributed by atoms with Crippen molar-refractivity contribution in [1.82, 2.24) is 10.3 Å². The first-order chi connectivity index (χ1) is 8.54. The van der Waals surface area contributed by atoms with Crippen LogP contribution in [0, 0.1) is 0 Å². The molecule has 0 bridgehead atoms. The fourth-order valence-corrected chi connectivity index (χ4v) is 3.19. The van der Waals surface area contributed by atoms with E-state index in [-0.39, 0.29) is 5.54 Å². The predicted octanol–water partition coefficient (Wildman–Crippen LogP) is 4.18. The molecule has 0 aliphatic carbocycles. The molecule has 0 aliphatic rings. The van der Waals surface area contributed by atoms with Crippen molar-refractivity contribution in [2.24, 2.45) is 0 Å². The maximum Gasteiger partial charge on any atom is 0.106 e. The average Bonchev–Trinajstić information content (AvgIpc) is 2.80. The van der Waals surface area contributed by atoms with Crippen LogP contribution in [0.25, 0.3) is 0 Å². The number of aromatic nitrogens is 1. The van der Waals surface area contributed by atoms with Gasteiger partial charge in [0.25, 0.3) is 0 Å². The second-order valence-corrected chi connectivity index (χ2v) is 7.34. The average molecular weight is 278 g/mol. The molecule has 0 saturated carbocycles. The van der Waals surface area contributed by atoms with Crippen LogP contribution in [0.2, 0.25) is 0 Å². The van der Waals surface area contributed by atoms with Crippen LogP contribution in [0.15, 0.2) is 45.1 Å². The molecule has 0 aliphatic heterocycles. The highest BCUT2D eigenvalue weighted by Crippen LogP contribution is 2.31. The minimum Gasteiger partial charge on any atom is -0.308 e. The lowest BCUT2D eigenvalue weighted by molar-refractivity contribution is 0.422. The Hall–Kier alpha value is -0.840. The summed E-state index contributed by atoms with van der Waals surface area (Å²) in [7, 11) is 0. The zero-order valence-corrected chi connectivity index (χ0v) is 12.6. The SMILES string of the molecule is CC(C)(C)NCc1cccnc1Sc1cccs1. The molecule has 0 fully saturated rings. The van der Waals surface area contributed by atoms with E-state index in [1.807, 2.05) is 12.3 Å². The van der Waals surface area contributed by atoms with E-state index in [2.05, 4.69) is 54.7 Å². The Morgan fingerprint density at radius 1 is 1.28 bits per heavy atom. The third-order valence-corrected chi connectivity index (χ3v) is 4.45. The Morgan fingerprint density at radius 3 is 2.78 bits per heavy atom. The van der Waals surface area contributed by atoms with Gasteiger partial charge < -0.3 is 5.32 Å². The number of pyridine rings is 1. The first-order valence-electron chi connectivity index (χ1n) is 5.95. The first-order valence-corrected chi connectivity index (χ1v) is 7.64. The molecule has 1 N–H and O–H groups in total. The molecule has 0 amide bonds. The summed E-state index contributed by atoms with van der Waals surface area (Å²) in [6, 6.07) is 8.34. The van der Waals surface area contributed by atoms with Crippen molar-refractivity contribution in [3.63, 3.8) is 0 Å². The van der Waals surface area contributed by atoms with E-state index in [9.17, 15) is 0 Å². The number of nitrogens with one attached hydrogen (secondary N) is 1. The van der Waals surface area contributed by atoms with Gasteiger partial charge in [0, 0.05) is 18.3 Å². The monoisotopic (exact) mass is 278 g/mol. The van der Waals surface area contributed by atoms with Crippen molar-refractivity contribution in [3.8, 4) is 0 Å². The van der Waals surface area contributed by atoms with E-state index < -0.39 is 0 Å². The zero-order valence-electron chi connectivity index (χ0n) is 10.9. The van der Waals surface area contributed by atoms with Crippen molar-refractivity contribution in [3.05, 3.63) is 41.4 Å². The topological polar surface area (TPSA) is 24.9 Å². The van der Waals surface area contributed by atoms with Crippen LogP contribution in [0.5, 0.6) is 0 Å². The van der Waals surface area contributed by atoms with Crippen molar-refractivity contribution in [2.75, 3.05) is 0 Å². The third-order valence-electron chi connectivity index (χ3n) is 2.35. The van der Waals surface area contributed by atoms with Gasteiger partial charge in [-0.15, -0.1) is 11.3 Å². The van der Waals surface area contributed by atoms with Gasteiger partial charge in [-0.05, 0) is 43.8 Å². The minimum atomic E-state index is 0.126. The molecule has 2 aromatic rings. The molecule has 0 unspecified atom stereocenters. The Morgan fingerprint density at radius 2 is 2.11 bits per heavy atom. The molecule has 4 heteroatoms. The summed E-state index contributed by atoms with van der Waals surface area (Å²) in [5.74, 6) is 0. The summed E-state index contributed by atoms with van der Waals surface area (Å²) in [6.45, 7) is 7.38. The second-order valence-electron chi connectivity index (χ2n) is 5.11. The number of thiophene rings is 1. The lowest BCUT2D eigenvalue weighted by Crippen LogP contribution is -2.35. The van der Waals surface area contributed by atoms with Crippen LogP contribution in [-0.4, -0.2) is 10.5 Å². The molecule has 2 nitrogen and oxygen atoms in total. The smallest absolute Gasteiger partial charge is 0.106 e. The number of nitrogens with zero attached hydrogens (tertiary/aromatic N) is 1. The third kappa shape index (κ3) is 4.12. The fraction of sp³-hybridized carbons (Fsp3) is 0.357. The number of rotatable bonds is 4. The molecule has 0 saturated heterocycles. The maximum atomic E-state index is 4.48. The molecule has 2 rings (SSSR count). The van der Waals surface area contributed by atoms with Crippen molar-refractivity contribution in [2.45, 2.75) is 42.1 Å². The Kier molecular flexibility index (Phi) is 4.43. The molecule has 0 atom stereocenters. The van der Waals surface area contributed by atoms with Gasteiger partial charge in [-0.3, -0.25) is 0 Å². The van der Waals surface area contributed by atoms with Crippen LogP contribution in [-0.2, 0) is 6.54 Å². The minimum absolute atomic E-state index is 0.126.